The fourth-order valence-electron chi connectivity index (χ4n) is 1.72. The van der Waals surface area contributed by atoms with Crippen LogP contribution in [0.1, 0.15) is 11.3 Å². The van der Waals surface area contributed by atoms with E-state index in [1.165, 1.54) is 0 Å². The van der Waals surface area contributed by atoms with Crippen LogP contribution in [0, 0.1) is 6.92 Å². The molecule has 2 rings (SSSR count). The van der Waals surface area contributed by atoms with Gasteiger partial charge in [0.25, 0.3) is 0 Å². The van der Waals surface area contributed by atoms with Gasteiger partial charge in [0.05, 0.1) is 20.3 Å². The van der Waals surface area contributed by atoms with Crippen molar-refractivity contribution in [2.45, 2.75) is 13.5 Å². The van der Waals surface area contributed by atoms with Gasteiger partial charge < -0.3 is 14.8 Å². The van der Waals surface area contributed by atoms with Crippen LogP contribution in [0.25, 0.3) is 0 Å². The maximum Gasteiger partial charge on any atom is 0.222 e. The number of ether oxygens (including phenoxy) is 2. The molecule has 0 bridgehead atoms. The quantitative estimate of drug-likeness (QED) is 0.785. The molecule has 0 unspecified atom stereocenters. The lowest BCUT2D eigenvalue weighted by molar-refractivity contribution is 0.130. The molecule has 0 aliphatic rings. The van der Waals surface area contributed by atoms with Gasteiger partial charge in [-0.1, -0.05) is 12.1 Å². The first-order chi connectivity index (χ1) is 9.78. The van der Waals surface area contributed by atoms with Crippen LogP contribution in [0.2, 0.25) is 0 Å². The molecule has 0 spiro atoms. The van der Waals surface area contributed by atoms with Crippen LogP contribution in [0.3, 0.4) is 0 Å². The summed E-state index contributed by atoms with van der Waals surface area (Å²) in [5, 5.41) is 3.12. The summed E-state index contributed by atoms with van der Waals surface area (Å²) in [6, 6.07) is 9.72. The lowest BCUT2D eigenvalue weighted by Gasteiger charge is -2.07. The second kappa shape index (κ2) is 7.45. The number of nitrogens with zero attached hydrogens (tertiary/aromatic N) is 2. The highest BCUT2D eigenvalue weighted by atomic mass is 16.5. The third kappa shape index (κ3) is 4.51. The number of rotatable bonds is 7. The minimum Gasteiger partial charge on any atom is -0.497 e. The average molecular weight is 273 g/mol. The van der Waals surface area contributed by atoms with Crippen molar-refractivity contribution in [2.24, 2.45) is 0 Å². The number of anilines is 1. The summed E-state index contributed by atoms with van der Waals surface area (Å²) in [5.74, 6) is 1.48. The van der Waals surface area contributed by atoms with Gasteiger partial charge in [-0.25, -0.2) is 9.97 Å². The molecule has 1 aromatic heterocycles. The molecule has 1 heterocycles. The van der Waals surface area contributed by atoms with Gasteiger partial charge in [0.2, 0.25) is 5.95 Å². The van der Waals surface area contributed by atoms with Crippen molar-refractivity contribution in [3.05, 3.63) is 47.8 Å². The summed E-state index contributed by atoms with van der Waals surface area (Å²) in [4.78, 5) is 8.38. The zero-order chi connectivity index (χ0) is 14.2. The molecule has 0 amide bonds. The molecule has 20 heavy (non-hydrogen) atoms. The predicted octanol–water partition coefficient (Wildman–Crippen LogP) is 2.42. The molecule has 0 radical (unpaired) electrons. The number of methoxy groups -OCH3 is 1. The molecule has 5 heteroatoms. The van der Waals surface area contributed by atoms with Crippen molar-refractivity contribution in [3.8, 4) is 5.75 Å². The Labute approximate surface area is 119 Å². The Kier molecular flexibility index (Phi) is 5.32. The highest BCUT2D eigenvalue weighted by Gasteiger charge is 1.98. The highest BCUT2D eigenvalue weighted by molar-refractivity contribution is 5.28. The zero-order valence-corrected chi connectivity index (χ0v) is 11.8. The second-order valence-corrected chi connectivity index (χ2v) is 4.35. The van der Waals surface area contributed by atoms with Gasteiger partial charge in [-0.2, -0.15) is 0 Å². The van der Waals surface area contributed by atoms with Crippen LogP contribution in [-0.4, -0.2) is 30.2 Å². The van der Waals surface area contributed by atoms with E-state index in [0.717, 1.165) is 17.0 Å². The molecule has 0 aliphatic carbocycles. The van der Waals surface area contributed by atoms with Crippen molar-refractivity contribution in [3.63, 3.8) is 0 Å². The molecule has 106 valence electrons. The topological polar surface area (TPSA) is 56.3 Å². The Morgan fingerprint density at radius 2 is 2.15 bits per heavy atom. The Morgan fingerprint density at radius 1 is 1.25 bits per heavy atom. The van der Waals surface area contributed by atoms with Crippen LogP contribution < -0.4 is 10.1 Å². The molecule has 2 aromatic rings. The number of hydrogen-bond donors (Lipinski definition) is 1. The van der Waals surface area contributed by atoms with E-state index in [4.69, 9.17) is 9.47 Å². The first-order valence-corrected chi connectivity index (χ1v) is 6.52. The number of hydrogen-bond acceptors (Lipinski definition) is 5. The molecular formula is C15H19N3O2. The highest BCUT2D eigenvalue weighted by Crippen LogP contribution is 2.13. The minimum atomic E-state index is 0.563. The summed E-state index contributed by atoms with van der Waals surface area (Å²) >= 11 is 0. The lowest BCUT2D eigenvalue weighted by Crippen LogP contribution is -2.11. The zero-order valence-electron chi connectivity index (χ0n) is 11.8. The predicted molar refractivity (Wildman–Crippen MR) is 77.9 cm³/mol. The Hall–Kier alpha value is -2.14. The van der Waals surface area contributed by atoms with E-state index < -0.39 is 0 Å². The van der Waals surface area contributed by atoms with Gasteiger partial charge in [0, 0.05) is 18.4 Å². The third-order valence-corrected chi connectivity index (χ3v) is 2.73. The second-order valence-electron chi connectivity index (χ2n) is 4.35. The van der Waals surface area contributed by atoms with Crippen LogP contribution in [0.4, 0.5) is 5.95 Å². The number of benzene rings is 1. The van der Waals surface area contributed by atoms with E-state index in [1.807, 2.05) is 37.3 Å². The minimum absolute atomic E-state index is 0.563. The van der Waals surface area contributed by atoms with Crippen molar-refractivity contribution in [1.29, 1.82) is 0 Å². The van der Waals surface area contributed by atoms with E-state index in [9.17, 15) is 0 Å². The van der Waals surface area contributed by atoms with E-state index in [2.05, 4.69) is 15.3 Å². The molecule has 0 fully saturated rings. The van der Waals surface area contributed by atoms with E-state index in [1.54, 1.807) is 13.3 Å². The normalized spacial score (nSPS) is 10.3. The summed E-state index contributed by atoms with van der Waals surface area (Å²) in [5.41, 5.74) is 2.04. The smallest absolute Gasteiger partial charge is 0.222 e. The van der Waals surface area contributed by atoms with Crippen molar-refractivity contribution >= 4 is 5.95 Å². The van der Waals surface area contributed by atoms with Crippen molar-refractivity contribution < 1.29 is 9.47 Å². The van der Waals surface area contributed by atoms with Gasteiger partial charge >= 0.3 is 0 Å². The van der Waals surface area contributed by atoms with Crippen LogP contribution in [0.15, 0.2) is 36.5 Å². The molecule has 1 N–H and O–H groups in total. The van der Waals surface area contributed by atoms with Gasteiger partial charge in [-0.3, -0.25) is 0 Å². The maximum atomic E-state index is 5.60. The molecule has 5 nitrogen and oxygen atoms in total. The van der Waals surface area contributed by atoms with Gasteiger partial charge in [-0.15, -0.1) is 0 Å². The van der Waals surface area contributed by atoms with E-state index in [0.29, 0.717) is 25.7 Å². The Bertz CT molecular complexity index is 546. The largest absolute Gasteiger partial charge is 0.497 e. The average Bonchev–Trinajstić information content (AvgIpc) is 2.47. The molecule has 0 aliphatic heterocycles. The van der Waals surface area contributed by atoms with Gasteiger partial charge in [0.1, 0.15) is 5.75 Å². The summed E-state index contributed by atoms with van der Waals surface area (Å²) < 4.78 is 10.8. The number of aryl methyl sites for hydroxylation is 1. The van der Waals surface area contributed by atoms with Crippen LogP contribution in [-0.2, 0) is 11.3 Å². The monoisotopic (exact) mass is 273 g/mol. The first kappa shape index (κ1) is 14.3. The Morgan fingerprint density at radius 3 is 2.95 bits per heavy atom. The molecule has 0 saturated heterocycles. The molecule has 0 saturated carbocycles. The number of nitrogens with one attached hydrogen (secondary N) is 1. The van der Waals surface area contributed by atoms with E-state index in [-0.39, 0.29) is 0 Å². The summed E-state index contributed by atoms with van der Waals surface area (Å²) in [6.07, 6.45) is 1.74. The molecule has 1 aromatic carbocycles. The Balaban J connectivity index is 1.68. The van der Waals surface area contributed by atoms with Gasteiger partial charge in [-0.05, 0) is 30.7 Å². The summed E-state index contributed by atoms with van der Waals surface area (Å²) in [7, 11) is 1.66. The fourth-order valence-corrected chi connectivity index (χ4v) is 1.72. The van der Waals surface area contributed by atoms with Gasteiger partial charge in [0.15, 0.2) is 0 Å². The van der Waals surface area contributed by atoms with Crippen LogP contribution in [0.5, 0.6) is 5.75 Å². The number of aromatic nitrogens is 2. The molecule has 0 atom stereocenters. The maximum absolute atomic E-state index is 5.60. The van der Waals surface area contributed by atoms with Crippen molar-refractivity contribution in [2.75, 3.05) is 25.6 Å². The lowest BCUT2D eigenvalue weighted by atomic mass is 10.2. The van der Waals surface area contributed by atoms with E-state index >= 15 is 0 Å². The standard InChI is InChI=1S/C15H19N3O2/c1-12-6-7-16-15(18-12)17-8-9-20-11-13-4-3-5-14(10-13)19-2/h3-7,10H,8-9,11H2,1-2H3,(H,16,17,18). The third-order valence-electron chi connectivity index (χ3n) is 2.73. The van der Waals surface area contributed by atoms with Crippen molar-refractivity contribution in [1.82, 2.24) is 9.97 Å². The SMILES string of the molecule is COc1cccc(COCCNc2nccc(C)n2)c1. The fraction of sp³-hybridized carbons (Fsp3) is 0.333. The summed E-state index contributed by atoms with van der Waals surface area (Å²) in [6.45, 7) is 3.77. The molecular weight excluding hydrogens is 254 g/mol. The van der Waals surface area contributed by atoms with Crippen LogP contribution >= 0.6 is 0 Å². The first-order valence-electron chi connectivity index (χ1n) is 6.52.